The van der Waals surface area contributed by atoms with Gasteiger partial charge in [0.2, 0.25) is 10.0 Å². The SMILES string of the molecule is O=S1(=O)CCC(CNS(=O)(=O)Cc2ccccc2)C1. The van der Waals surface area contributed by atoms with E-state index in [1.54, 1.807) is 24.3 Å². The molecule has 2 rings (SSSR count). The Morgan fingerprint density at radius 3 is 2.47 bits per heavy atom. The van der Waals surface area contributed by atoms with Crippen LogP contribution in [0.2, 0.25) is 0 Å². The average Bonchev–Trinajstić information content (AvgIpc) is 2.67. The lowest BCUT2D eigenvalue weighted by molar-refractivity contribution is 0.542. The average molecular weight is 303 g/mol. The van der Waals surface area contributed by atoms with Gasteiger partial charge in [-0.3, -0.25) is 0 Å². The van der Waals surface area contributed by atoms with Crippen molar-refractivity contribution in [2.75, 3.05) is 18.1 Å². The van der Waals surface area contributed by atoms with Crippen molar-refractivity contribution in [3.63, 3.8) is 0 Å². The predicted molar refractivity (Wildman–Crippen MR) is 73.8 cm³/mol. The summed E-state index contributed by atoms with van der Waals surface area (Å²) in [5, 5.41) is 0. The molecule has 0 saturated carbocycles. The van der Waals surface area contributed by atoms with Crippen molar-refractivity contribution in [1.82, 2.24) is 4.72 Å². The van der Waals surface area contributed by atoms with Crippen LogP contribution in [0, 0.1) is 5.92 Å². The van der Waals surface area contributed by atoms with Crippen LogP contribution in [0.3, 0.4) is 0 Å². The van der Waals surface area contributed by atoms with Gasteiger partial charge in [0.25, 0.3) is 0 Å². The Morgan fingerprint density at radius 1 is 1.21 bits per heavy atom. The Hall–Kier alpha value is -0.920. The maximum atomic E-state index is 11.9. The highest BCUT2D eigenvalue weighted by molar-refractivity contribution is 7.91. The number of benzene rings is 1. The number of sulfone groups is 1. The zero-order valence-corrected chi connectivity index (χ0v) is 12.1. The third kappa shape index (κ3) is 4.59. The molecular weight excluding hydrogens is 286 g/mol. The molecule has 1 atom stereocenters. The second-order valence-electron chi connectivity index (χ2n) is 4.86. The molecule has 19 heavy (non-hydrogen) atoms. The minimum absolute atomic E-state index is 0.0761. The van der Waals surface area contributed by atoms with Gasteiger partial charge >= 0.3 is 0 Å². The van der Waals surface area contributed by atoms with Crippen LogP contribution in [-0.4, -0.2) is 34.9 Å². The van der Waals surface area contributed by atoms with Gasteiger partial charge in [0.15, 0.2) is 9.84 Å². The van der Waals surface area contributed by atoms with E-state index in [9.17, 15) is 16.8 Å². The summed E-state index contributed by atoms with van der Waals surface area (Å²) in [6.45, 7) is 0.203. The van der Waals surface area contributed by atoms with Crippen molar-refractivity contribution >= 4 is 19.9 Å². The van der Waals surface area contributed by atoms with Crippen LogP contribution in [0.4, 0.5) is 0 Å². The summed E-state index contributed by atoms with van der Waals surface area (Å²) in [6.07, 6.45) is 0.538. The summed E-state index contributed by atoms with van der Waals surface area (Å²) in [4.78, 5) is 0. The van der Waals surface area contributed by atoms with E-state index in [1.807, 2.05) is 6.07 Å². The number of sulfonamides is 1. The molecule has 0 aromatic heterocycles. The predicted octanol–water partition coefficient (Wildman–Crippen LogP) is 0.541. The molecule has 1 unspecified atom stereocenters. The summed E-state index contributed by atoms with van der Waals surface area (Å²) in [7, 11) is -6.36. The van der Waals surface area contributed by atoms with E-state index in [-0.39, 0.29) is 29.7 Å². The molecule has 106 valence electrons. The minimum atomic E-state index is -3.40. The first kappa shape index (κ1) is 14.5. The van der Waals surface area contributed by atoms with Crippen LogP contribution in [0.1, 0.15) is 12.0 Å². The molecule has 1 aromatic rings. The van der Waals surface area contributed by atoms with Gasteiger partial charge in [-0.2, -0.15) is 0 Å². The van der Waals surface area contributed by atoms with Crippen LogP contribution in [0.5, 0.6) is 0 Å². The van der Waals surface area contributed by atoms with Gasteiger partial charge < -0.3 is 0 Å². The molecule has 7 heteroatoms. The molecular formula is C12H17NO4S2. The van der Waals surface area contributed by atoms with E-state index in [0.29, 0.717) is 12.0 Å². The molecule has 0 amide bonds. The summed E-state index contributed by atoms with van der Waals surface area (Å²) >= 11 is 0. The smallest absolute Gasteiger partial charge is 0.215 e. The van der Waals surface area contributed by atoms with Crippen LogP contribution in [-0.2, 0) is 25.6 Å². The van der Waals surface area contributed by atoms with E-state index < -0.39 is 19.9 Å². The van der Waals surface area contributed by atoms with E-state index in [0.717, 1.165) is 0 Å². The second kappa shape index (κ2) is 5.60. The molecule has 0 radical (unpaired) electrons. The number of rotatable bonds is 5. The van der Waals surface area contributed by atoms with Gasteiger partial charge in [-0.15, -0.1) is 0 Å². The lowest BCUT2D eigenvalue weighted by atomic mass is 10.1. The Labute approximate surface area is 114 Å². The van der Waals surface area contributed by atoms with Crippen LogP contribution >= 0.6 is 0 Å². The fraction of sp³-hybridized carbons (Fsp3) is 0.500. The first-order valence-electron chi connectivity index (χ1n) is 6.08. The van der Waals surface area contributed by atoms with Crippen LogP contribution < -0.4 is 4.72 Å². The molecule has 0 aliphatic carbocycles. The fourth-order valence-corrected chi connectivity index (χ4v) is 5.21. The molecule has 0 bridgehead atoms. The lowest BCUT2D eigenvalue weighted by Gasteiger charge is -2.10. The molecule has 1 heterocycles. The highest BCUT2D eigenvalue weighted by Gasteiger charge is 2.28. The molecule has 0 spiro atoms. The minimum Gasteiger partial charge on any atom is -0.229 e. The Morgan fingerprint density at radius 2 is 1.89 bits per heavy atom. The van der Waals surface area contributed by atoms with Gasteiger partial charge in [-0.25, -0.2) is 21.6 Å². The molecule has 1 aromatic carbocycles. The highest BCUT2D eigenvalue weighted by atomic mass is 32.2. The van der Waals surface area contributed by atoms with Crippen molar-refractivity contribution in [3.8, 4) is 0 Å². The quantitative estimate of drug-likeness (QED) is 0.861. The molecule has 1 N–H and O–H groups in total. The summed E-state index contributed by atoms with van der Waals surface area (Å²) in [6, 6.07) is 8.90. The largest absolute Gasteiger partial charge is 0.229 e. The molecule has 1 fully saturated rings. The van der Waals surface area contributed by atoms with Gasteiger partial charge in [-0.05, 0) is 17.9 Å². The standard InChI is InChI=1S/C12H17NO4S2/c14-18(15)7-6-12(9-18)8-13-19(16,17)10-11-4-2-1-3-5-11/h1-5,12-13H,6-10H2. The van der Waals surface area contributed by atoms with E-state index in [1.165, 1.54) is 0 Å². The van der Waals surface area contributed by atoms with E-state index in [4.69, 9.17) is 0 Å². The molecule has 1 saturated heterocycles. The van der Waals surface area contributed by atoms with Crippen molar-refractivity contribution in [3.05, 3.63) is 35.9 Å². The zero-order chi connectivity index (χ0) is 13.9. The van der Waals surface area contributed by atoms with Crippen molar-refractivity contribution in [2.45, 2.75) is 12.2 Å². The third-order valence-electron chi connectivity index (χ3n) is 3.12. The first-order chi connectivity index (χ1) is 8.86. The normalized spacial score (nSPS) is 22.4. The third-order valence-corrected chi connectivity index (χ3v) is 6.28. The summed E-state index contributed by atoms with van der Waals surface area (Å²) in [5.41, 5.74) is 0.717. The van der Waals surface area contributed by atoms with Gasteiger partial charge in [0, 0.05) is 6.54 Å². The van der Waals surface area contributed by atoms with E-state index >= 15 is 0 Å². The van der Waals surface area contributed by atoms with Gasteiger partial charge in [-0.1, -0.05) is 30.3 Å². The van der Waals surface area contributed by atoms with Crippen LogP contribution in [0.25, 0.3) is 0 Å². The zero-order valence-electron chi connectivity index (χ0n) is 10.4. The Kier molecular flexibility index (Phi) is 4.27. The van der Waals surface area contributed by atoms with Crippen molar-refractivity contribution < 1.29 is 16.8 Å². The molecule has 1 aliphatic heterocycles. The maximum Gasteiger partial charge on any atom is 0.215 e. The van der Waals surface area contributed by atoms with Crippen LogP contribution in [0.15, 0.2) is 30.3 Å². The molecule has 5 nitrogen and oxygen atoms in total. The highest BCUT2D eigenvalue weighted by Crippen LogP contribution is 2.17. The Balaban J connectivity index is 1.89. The Bertz CT molecular complexity index is 623. The first-order valence-corrected chi connectivity index (χ1v) is 9.55. The van der Waals surface area contributed by atoms with Gasteiger partial charge in [0.05, 0.1) is 17.3 Å². The maximum absolute atomic E-state index is 11.9. The number of hydrogen-bond acceptors (Lipinski definition) is 4. The summed E-state index contributed by atoms with van der Waals surface area (Å²) < 4.78 is 48.8. The number of hydrogen-bond donors (Lipinski definition) is 1. The number of nitrogens with one attached hydrogen (secondary N) is 1. The van der Waals surface area contributed by atoms with Crippen molar-refractivity contribution in [1.29, 1.82) is 0 Å². The molecule has 1 aliphatic rings. The fourth-order valence-electron chi connectivity index (χ4n) is 2.12. The van der Waals surface area contributed by atoms with Gasteiger partial charge in [0.1, 0.15) is 0 Å². The topological polar surface area (TPSA) is 80.3 Å². The van der Waals surface area contributed by atoms with Crippen molar-refractivity contribution in [2.24, 2.45) is 5.92 Å². The second-order valence-corrected chi connectivity index (χ2v) is 8.90. The van der Waals surface area contributed by atoms with E-state index in [2.05, 4.69) is 4.72 Å². The lowest BCUT2D eigenvalue weighted by Crippen LogP contribution is -2.30. The monoisotopic (exact) mass is 303 g/mol. The summed E-state index contributed by atoms with van der Waals surface area (Å²) in [5.74, 6) is 0.0715.